The highest BCUT2D eigenvalue weighted by atomic mass is 19.1. The molecule has 0 aliphatic heterocycles. The van der Waals surface area contributed by atoms with E-state index in [1.807, 2.05) is 54.6 Å². The number of ether oxygens (including phenoxy) is 2. The lowest BCUT2D eigenvalue weighted by Gasteiger charge is -2.22. The topological polar surface area (TPSA) is 60.7 Å². The molecule has 3 aromatic carbocycles. The second-order valence-corrected chi connectivity index (χ2v) is 9.68. The third-order valence-electron chi connectivity index (χ3n) is 6.43. The lowest BCUT2D eigenvalue weighted by Crippen LogP contribution is -2.38. The molecule has 0 spiro atoms. The van der Waals surface area contributed by atoms with Crippen molar-refractivity contribution in [3.8, 4) is 11.4 Å². The molecule has 0 aliphatic rings. The summed E-state index contributed by atoms with van der Waals surface area (Å²) in [7, 11) is 1.26. The van der Waals surface area contributed by atoms with Crippen LogP contribution in [0, 0.1) is 12.7 Å². The number of hydrogen-bond acceptors (Lipinski definition) is 4. The predicted octanol–water partition coefficient (Wildman–Crippen LogP) is 6.25. The van der Waals surface area contributed by atoms with Gasteiger partial charge in [-0.05, 0) is 72.9 Å². The fourth-order valence-corrected chi connectivity index (χ4v) is 4.66. The van der Waals surface area contributed by atoms with E-state index in [0.29, 0.717) is 17.9 Å². The molecule has 6 heteroatoms. The van der Waals surface area contributed by atoms with Crippen LogP contribution < -0.4 is 4.74 Å². The molecule has 36 heavy (non-hydrogen) atoms. The zero-order chi connectivity index (χ0) is 26.0. The number of fused-ring (bicyclic) bond motifs is 1. The summed E-state index contributed by atoms with van der Waals surface area (Å²) >= 11 is 0. The van der Waals surface area contributed by atoms with Crippen LogP contribution in [-0.2, 0) is 22.6 Å². The van der Waals surface area contributed by atoms with Crippen LogP contribution >= 0.6 is 0 Å². The number of aryl methyl sites for hydroxylation is 1. The standard InChI is InChI=1S/C30H32FNO4/c1-19(2)28-25(17-30(4,34)29(33)35-5)24-16-23(36-18-21-9-7-6-8-10-21)12-14-27(24)32(28)22-11-13-26(31)20(3)15-22/h6-16,19,34H,17-18H2,1-5H3. The molecule has 1 aromatic heterocycles. The lowest BCUT2D eigenvalue weighted by atomic mass is 9.91. The van der Waals surface area contributed by atoms with Gasteiger partial charge in [0.2, 0.25) is 0 Å². The van der Waals surface area contributed by atoms with Crippen molar-refractivity contribution in [1.29, 1.82) is 0 Å². The van der Waals surface area contributed by atoms with Crippen LogP contribution in [0.5, 0.6) is 5.75 Å². The first-order valence-corrected chi connectivity index (χ1v) is 12.0. The van der Waals surface area contributed by atoms with Crippen molar-refractivity contribution in [2.45, 2.75) is 52.2 Å². The molecule has 1 unspecified atom stereocenters. The Bertz CT molecular complexity index is 1390. The molecule has 188 valence electrons. The molecule has 0 radical (unpaired) electrons. The third-order valence-corrected chi connectivity index (χ3v) is 6.43. The first-order chi connectivity index (χ1) is 17.1. The number of methoxy groups -OCH3 is 1. The van der Waals surface area contributed by atoms with E-state index >= 15 is 0 Å². The molecule has 5 nitrogen and oxygen atoms in total. The smallest absolute Gasteiger partial charge is 0.337 e. The number of aliphatic hydroxyl groups is 1. The van der Waals surface area contributed by atoms with Crippen LogP contribution in [-0.4, -0.2) is 28.4 Å². The maximum Gasteiger partial charge on any atom is 0.337 e. The Labute approximate surface area is 211 Å². The Morgan fingerprint density at radius 2 is 1.81 bits per heavy atom. The molecule has 0 saturated carbocycles. The van der Waals surface area contributed by atoms with Crippen molar-refractivity contribution in [2.75, 3.05) is 7.11 Å². The Balaban J connectivity index is 1.90. The van der Waals surface area contributed by atoms with Gasteiger partial charge in [-0.25, -0.2) is 9.18 Å². The first-order valence-electron chi connectivity index (χ1n) is 12.0. The van der Waals surface area contributed by atoms with E-state index in [9.17, 15) is 14.3 Å². The largest absolute Gasteiger partial charge is 0.489 e. The zero-order valence-corrected chi connectivity index (χ0v) is 21.3. The van der Waals surface area contributed by atoms with Gasteiger partial charge < -0.3 is 19.1 Å². The van der Waals surface area contributed by atoms with E-state index in [2.05, 4.69) is 18.4 Å². The number of hydrogen-bond donors (Lipinski definition) is 1. The number of nitrogens with zero attached hydrogens (tertiary/aromatic N) is 1. The average molecular weight is 490 g/mol. The van der Waals surface area contributed by atoms with Gasteiger partial charge >= 0.3 is 5.97 Å². The fraction of sp³-hybridized carbons (Fsp3) is 0.300. The number of carbonyl (C=O) groups is 1. The summed E-state index contributed by atoms with van der Waals surface area (Å²) in [6.07, 6.45) is 0.0546. The van der Waals surface area contributed by atoms with Crippen LogP contribution in [0.4, 0.5) is 4.39 Å². The van der Waals surface area contributed by atoms with Gasteiger partial charge in [0.1, 0.15) is 18.2 Å². The van der Waals surface area contributed by atoms with Gasteiger partial charge in [0.15, 0.2) is 5.60 Å². The number of halogens is 1. The highest BCUT2D eigenvalue weighted by Crippen LogP contribution is 2.38. The van der Waals surface area contributed by atoms with Crippen molar-refractivity contribution in [3.05, 3.63) is 94.9 Å². The summed E-state index contributed by atoms with van der Waals surface area (Å²) in [5.41, 5.74) is 3.31. The number of benzene rings is 3. The van der Waals surface area contributed by atoms with E-state index in [1.165, 1.54) is 20.1 Å². The summed E-state index contributed by atoms with van der Waals surface area (Å²) in [6.45, 7) is 7.73. The van der Waals surface area contributed by atoms with Crippen LogP contribution in [0.3, 0.4) is 0 Å². The minimum Gasteiger partial charge on any atom is -0.489 e. The van der Waals surface area contributed by atoms with Crippen molar-refractivity contribution in [2.24, 2.45) is 0 Å². The Morgan fingerprint density at radius 1 is 1.08 bits per heavy atom. The Kier molecular flexibility index (Phi) is 7.18. The maximum absolute atomic E-state index is 14.1. The molecule has 1 atom stereocenters. The summed E-state index contributed by atoms with van der Waals surface area (Å²) in [5, 5.41) is 11.9. The maximum atomic E-state index is 14.1. The average Bonchev–Trinajstić information content (AvgIpc) is 3.17. The predicted molar refractivity (Wildman–Crippen MR) is 139 cm³/mol. The normalized spacial score (nSPS) is 13.1. The van der Waals surface area contributed by atoms with Crippen LogP contribution in [0.25, 0.3) is 16.6 Å². The second-order valence-electron chi connectivity index (χ2n) is 9.68. The number of carbonyl (C=O) groups excluding carboxylic acids is 1. The molecule has 4 aromatic rings. The zero-order valence-electron chi connectivity index (χ0n) is 21.3. The molecule has 0 bridgehead atoms. The molecular formula is C30H32FNO4. The number of rotatable bonds is 8. The van der Waals surface area contributed by atoms with E-state index < -0.39 is 11.6 Å². The molecule has 0 saturated heterocycles. The summed E-state index contributed by atoms with van der Waals surface area (Å²) in [5.74, 6) is -0.257. The van der Waals surface area contributed by atoms with Crippen molar-refractivity contribution in [3.63, 3.8) is 0 Å². The highest BCUT2D eigenvalue weighted by Gasteiger charge is 2.35. The van der Waals surface area contributed by atoms with E-state index in [1.54, 1.807) is 13.0 Å². The van der Waals surface area contributed by atoms with Gasteiger partial charge in [0.05, 0.1) is 12.6 Å². The summed E-state index contributed by atoms with van der Waals surface area (Å²) in [6, 6.07) is 20.7. The summed E-state index contributed by atoms with van der Waals surface area (Å²) in [4.78, 5) is 12.4. The molecule has 0 fully saturated rings. The molecule has 0 aliphatic carbocycles. The minimum atomic E-state index is -1.73. The SMILES string of the molecule is COC(=O)C(C)(O)Cc1c(C(C)C)n(-c2ccc(F)c(C)c2)c2ccc(OCc3ccccc3)cc12. The summed E-state index contributed by atoms with van der Waals surface area (Å²) < 4.78 is 27.2. The highest BCUT2D eigenvalue weighted by molar-refractivity contribution is 5.90. The lowest BCUT2D eigenvalue weighted by molar-refractivity contribution is -0.160. The first kappa shape index (κ1) is 25.5. The van der Waals surface area contributed by atoms with Crippen molar-refractivity contribution in [1.82, 2.24) is 4.57 Å². The van der Waals surface area contributed by atoms with Gasteiger partial charge in [-0.1, -0.05) is 44.2 Å². The van der Waals surface area contributed by atoms with Crippen molar-refractivity contribution < 1.29 is 23.8 Å². The van der Waals surface area contributed by atoms with Gasteiger partial charge in [-0.3, -0.25) is 0 Å². The second kappa shape index (κ2) is 10.2. The number of aromatic nitrogens is 1. The quantitative estimate of drug-likeness (QED) is 0.297. The molecule has 0 amide bonds. The number of esters is 1. The molecular weight excluding hydrogens is 457 g/mol. The monoisotopic (exact) mass is 489 g/mol. The van der Waals surface area contributed by atoms with Crippen LogP contribution in [0.2, 0.25) is 0 Å². The molecule has 4 rings (SSSR count). The van der Waals surface area contributed by atoms with Crippen molar-refractivity contribution >= 4 is 16.9 Å². The van der Waals surface area contributed by atoms with E-state index in [4.69, 9.17) is 9.47 Å². The molecule has 1 N–H and O–H groups in total. The van der Waals surface area contributed by atoms with Gasteiger partial charge in [-0.15, -0.1) is 0 Å². The third kappa shape index (κ3) is 5.00. The minimum absolute atomic E-state index is 0.0416. The van der Waals surface area contributed by atoms with Gasteiger partial charge in [-0.2, -0.15) is 0 Å². The molecule has 1 heterocycles. The van der Waals surface area contributed by atoms with Gasteiger partial charge in [0, 0.05) is 23.2 Å². The fourth-order valence-electron chi connectivity index (χ4n) is 4.66. The Hall–Kier alpha value is -3.64. The van der Waals surface area contributed by atoms with Gasteiger partial charge in [0.25, 0.3) is 0 Å². The van der Waals surface area contributed by atoms with E-state index in [0.717, 1.165) is 33.4 Å². The van der Waals surface area contributed by atoms with E-state index in [-0.39, 0.29) is 18.2 Å². The van der Waals surface area contributed by atoms with Crippen LogP contribution in [0.1, 0.15) is 49.1 Å². The Morgan fingerprint density at radius 3 is 2.44 bits per heavy atom. The van der Waals surface area contributed by atoms with Crippen LogP contribution in [0.15, 0.2) is 66.7 Å².